The smallest absolute Gasteiger partial charge is 0.331 e. The SMILES string of the molecule is CCCCCSC(C(=O)OCCN1CCCCC1)(c1ccccc1)c1ccccc1. The van der Waals surface area contributed by atoms with Crippen molar-refractivity contribution in [2.75, 3.05) is 32.0 Å². The maximum absolute atomic E-state index is 13.7. The van der Waals surface area contributed by atoms with Gasteiger partial charge in [0.2, 0.25) is 0 Å². The van der Waals surface area contributed by atoms with Crippen LogP contribution in [0, 0.1) is 0 Å². The maximum Gasteiger partial charge on any atom is 0.331 e. The number of benzene rings is 2. The van der Waals surface area contributed by atoms with E-state index in [9.17, 15) is 4.79 Å². The van der Waals surface area contributed by atoms with Crippen molar-refractivity contribution in [1.29, 1.82) is 0 Å². The van der Waals surface area contributed by atoms with Crippen LogP contribution in [0.15, 0.2) is 60.7 Å². The number of likely N-dealkylation sites (tertiary alicyclic amines) is 1. The molecular weight excluding hydrogens is 390 g/mol. The molecule has 0 aliphatic carbocycles. The zero-order valence-corrected chi connectivity index (χ0v) is 19.0. The van der Waals surface area contributed by atoms with Gasteiger partial charge in [0.05, 0.1) is 0 Å². The van der Waals surface area contributed by atoms with Crippen molar-refractivity contribution in [2.45, 2.75) is 50.2 Å². The lowest BCUT2D eigenvalue weighted by Crippen LogP contribution is -2.38. The van der Waals surface area contributed by atoms with Crippen LogP contribution < -0.4 is 0 Å². The molecule has 0 bridgehead atoms. The first-order valence-electron chi connectivity index (χ1n) is 11.4. The predicted molar refractivity (Wildman–Crippen MR) is 127 cm³/mol. The number of carbonyl (C=O) groups is 1. The van der Waals surface area contributed by atoms with E-state index in [4.69, 9.17) is 4.74 Å². The van der Waals surface area contributed by atoms with Gasteiger partial charge < -0.3 is 4.74 Å². The Balaban J connectivity index is 1.83. The third-order valence-electron chi connectivity index (χ3n) is 5.80. The van der Waals surface area contributed by atoms with Crippen molar-refractivity contribution in [1.82, 2.24) is 4.90 Å². The highest BCUT2D eigenvalue weighted by molar-refractivity contribution is 8.01. The number of rotatable bonds is 11. The van der Waals surface area contributed by atoms with Crippen LogP contribution in [0.1, 0.15) is 56.6 Å². The van der Waals surface area contributed by atoms with Gasteiger partial charge in [0, 0.05) is 6.54 Å². The normalized spacial score (nSPS) is 15.1. The quantitative estimate of drug-likeness (QED) is 0.332. The van der Waals surface area contributed by atoms with Gasteiger partial charge in [-0.1, -0.05) is 86.8 Å². The topological polar surface area (TPSA) is 29.5 Å². The Bertz CT molecular complexity index is 705. The van der Waals surface area contributed by atoms with Crippen LogP contribution in [-0.2, 0) is 14.3 Å². The van der Waals surface area contributed by atoms with Gasteiger partial charge in [0.25, 0.3) is 0 Å². The van der Waals surface area contributed by atoms with E-state index in [0.29, 0.717) is 6.61 Å². The van der Waals surface area contributed by atoms with Gasteiger partial charge in [-0.05, 0) is 49.2 Å². The molecule has 162 valence electrons. The Kier molecular flexibility index (Phi) is 9.28. The van der Waals surface area contributed by atoms with Crippen LogP contribution >= 0.6 is 11.8 Å². The summed E-state index contributed by atoms with van der Waals surface area (Å²) in [4.78, 5) is 16.1. The Morgan fingerprint density at radius 2 is 1.53 bits per heavy atom. The summed E-state index contributed by atoms with van der Waals surface area (Å²) in [6, 6.07) is 20.3. The number of thioether (sulfide) groups is 1. The predicted octanol–water partition coefficient (Wildman–Crippen LogP) is 5.88. The molecule has 0 spiro atoms. The van der Waals surface area contributed by atoms with E-state index in [1.165, 1.54) is 32.1 Å². The average molecular weight is 426 g/mol. The van der Waals surface area contributed by atoms with Crippen LogP contribution in [0.4, 0.5) is 0 Å². The molecule has 2 aromatic rings. The summed E-state index contributed by atoms with van der Waals surface area (Å²) in [7, 11) is 0. The summed E-state index contributed by atoms with van der Waals surface area (Å²) in [5, 5.41) is 0. The number of esters is 1. The zero-order chi connectivity index (χ0) is 21.1. The van der Waals surface area contributed by atoms with Crippen molar-refractivity contribution >= 4 is 17.7 Å². The van der Waals surface area contributed by atoms with Crippen molar-refractivity contribution in [3.05, 3.63) is 71.8 Å². The van der Waals surface area contributed by atoms with Crippen LogP contribution in [-0.4, -0.2) is 42.9 Å². The Labute approximate surface area is 186 Å². The van der Waals surface area contributed by atoms with Gasteiger partial charge in [0.15, 0.2) is 4.75 Å². The van der Waals surface area contributed by atoms with Gasteiger partial charge in [-0.3, -0.25) is 4.90 Å². The van der Waals surface area contributed by atoms with Crippen molar-refractivity contribution in [3.8, 4) is 0 Å². The van der Waals surface area contributed by atoms with E-state index >= 15 is 0 Å². The van der Waals surface area contributed by atoms with E-state index in [-0.39, 0.29) is 5.97 Å². The Hall–Kier alpha value is -1.78. The second-order valence-electron chi connectivity index (χ2n) is 8.01. The molecule has 2 aromatic carbocycles. The fourth-order valence-corrected chi connectivity index (χ4v) is 5.54. The zero-order valence-electron chi connectivity index (χ0n) is 18.2. The van der Waals surface area contributed by atoms with Gasteiger partial charge in [-0.15, -0.1) is 11.8 Å². The molecule has 1 saturated heterocycles. The van der Waals surface area contributed by atoms with Crippen LogP contribution in [0.5, 0.6) is 0 Å². The van der Waals surface area contributed by atoms with Crippen molar-refractivity contribution in [3.63, 3.8) is 0 Å². The monoisotopic (exact) mass is 425 g/mol. The summed E-state index contributed by atoms with van der Waals surface area (Å²) >= 11 is 1.72. The van der Waals surface area contributed by atoms with Gasteiger partial charge in [-0.2, -0.15) is 0 Å². The first kappa shape index (κ1) is 22.9. The van der Waals surface area contributed by atoms with Crippen molar-refractivity contribution < 1.29 is 9.53 Å². The number of carbonyl (C=O) groups excluding carboxylic acids is 1. The molecule has 0 amide bonds. The molecule has 0 aromatic heterocycles. The molecular formula is C26H35NO2S. The standard InChI is InChI=1S/C26H35NO2S/c1-2-3-13-22-30-26(23-14-7-4-8-15-23,24-16-9-5-10-17-24)25(28)29-21-20-27-18-11-6-12-19-27/h4-5,7-10,14-17H,2-3,6,11-13,18-22H2,1H3. The molecule has 0 saturated carbocycles. The van der Waals surface area contributed by atoms with Crippen molar-refractivity contribution in [2.24, 2.45) is 0 Å². The minimum Gasteiger partial charge on any atom is -0.463 e. The van der Waals surface area contributed by atoms with Gasteiger partial charge in [0.1, 0.15) is 6.61 Å². The third kappa shape index (κ3) is 5.89. The summed E-state index contributed by atoms with van der Waals surface area (Å²) in [5.41, 5.74) is 2.00. The minimum absolute atomic E-state index is 0.140. The molecule has 0 unspecified atom stereocenters. The molecule has 1 aliphatic rings. The molecule has 3 rings (SSSR count). The number of hydrogen-bond donors (Lipinski definition) is 0. The summed E-state index contributed by atoms with van der Waals surface area (Å²) < 4.78 is 5.15. The lowest BCUT2D eigenvalue weighted by Gasteiger charge is -2.33. The highest BCUT2D eigenvalue weighted by Crippen LogP contribution is 2.44. The van der Waals surface area contributed by atoms with Crippen LogP contribution in [0.25, 0.3) is 0 Å². The van der Waals surface area contributed by atoms with E-state index in [1.54, 1.807) is 11.8 Å². The molecule has 1 fully saturated rings. The lowest BCUT2D eigenvalue weighted by molar-refractivity contribution is -0.146. The number of piperidine rings is 1. The van der Waals surface area contributed by atoms with E-state index in [0.717, 1.165) is 42.9 Å². The summed E-state index contributed by atoms with van der Waals surface area (Å²) in [5.74, 6) is 0.789. The van der Waals surface area contributed by atoms with E-state index < -0.39 is 4.75 Å². The Morgan fingerprint density at radius 3 is 2.10 bits per heavy atom. The molecule has 4 heteroatoms. The van der Waals surface area contributed by atoms with E-state index in [2.05, 4.69) is 36.1 Å². The van der Waals surface area contributed by atoms with Gasteiger partial charge in [-0.25, -0.2) is 4.79 Å². The Morgan fingerprint density at radius 1 is 0.933 bits per heavy atom. The minimum atomic E-state index is -0.821. The highest BCUT2D eigenvalue weighted by Gasteiger charge is 2.44. The number of ether oxygens (including phenoxy) is 1. The largest absolute Gasteiger partial charge is 0.463 e. The maximum atomic E-state index is 13.7. The number of nitrogens with zero attached hydrogens (tertiary/aromatic N) is 1. The van der Waals surface area contributed by atoms with Crippen LogP contribution in [0.2, 0.25) is 0 Å². The van der Waals surface area contributed by atoms with E-state index in [1.807, 2.05) is 36.4 Å². The third-order valence-corrected chi connectivity index (χ3v) is 7.37. The average Bonchev–Trinajstić information content (AvgIpc) is 2.81. The fraction of sp³-hybridized carbons (Fsp3) is 0.500. The molecule has 0 radical (unpaired) electrons. The fourth-order valence-electron chi connectivity index (χ4n) is 4.10. The summed E-state index contributed by atoms with van der Waals surface area (Å²) in [6.45, 7) is 5.72. The highest BCUT2D eigenvalue weighted by atomic mass is 32.2. The molecule has 1 heterocycles. The summed E-state index contributed by atoms with van der Waals surface area (Å²) in [6.07, 6.45) is 7.26. The molecule has 30 heavy (non-hydrogen) atoms. The lowest BCUT2D eigenvalue weighted by atomic mass is 9.90. The molecule has 0 atom stereocenters. The number of hydrogen-bond acceptors (Lipinski definition) is 4. The second kappa shape index (κ2) is 12.2. The number of unbranched alkanes of at least 4 members (excludes halogenated alkanes) is 2. The van der Waals surface area contributed by atoms with Crippen LogP contribution in [0.3, 0.4) is 0 Å². The first-order valence-corrected chi connectivity index (χ1v) is 12.4. The molecule has 3 nitrogen and oxygen atoms in total. The second-order valence-corrected chi connectivity index (χ2v) is 9.32. The molecule has 1 aliphatic heterocycles. The first-order chi connectivity index (χ1) is 14.8. The molecule has 0 N–H and O–H groups in total. The van der Waals surface area contributed by atoms with Gasteiger partial charge >= 0.3 is 5.97 Å².